The Labute approximate surface area is 118 Å². The van der Waals surface area contributed by atoms with Crippen LogP contribution in [0.2, 0.25) is 0 Å². The third-order valence-electron chi connectivity index (χ3n) is 3.63. The SMILES string of the molecule is Nc1cscc1N1CCN(Cc2ccccc2)CC1. The molecule has 2 N–H and O–H groups in total. The van der Waals surface area contributed by atoms with Gasteiger partial charge >= 0.3 is 0 Å². The van der Waals surface area contributed by atoms with Crippen molar-refractivity contribution >= 4 is 22.7 Å². The fourth-order valence-corrected chi connectivity index (χ4v) is 3.30. The van der Waals surface area contributed by atoms with Crippen molar-refractivity contribution in [1.82, 2.24) is 4.90 Å². The van der Waals surface area contributed by atoms with E-state index in [2.05, 4.69) is 45.5 Å². The molecule has 0 atom stereocenters. The Bertz CT molecular complexity index is 515. The minimum Gasteiger partial charge on any atom is -0.396 e. The van der Waals surface area contributed by atoms with Crippen molar-refractivity contribution in [2.45, 2.75) is 6.54 Å². The third-order valence-corrected chi connectivity index (χ3v) is 4.38. The number of hydrogen-bond donors (Lipinski definition) is 1. The summed E-state index contributed by atoms with van der Waals surface area (Å²) >= 11 is 1.68. The molecule has 0 radical (unpaired) electrons. The van der Waals surface area contributed by atoms with Crippen LogP contribution in [-0.4, -0.2) is 31.1 Å². The summed E-state index contributed by atoms with van der Waals surface area (Å²) in [6, 6.07) is 10.7. The van der Waals surface area contributed by atoms with Crippen LogP contribution in [0.4, 0.5) is 11.4 Å². The maximum absolute atomic E-state index is 5.98. The van der Waals surface area contributed by atoms with E-state index in [9.17, 15) is 0 Å². The number of benzene rings is 1. The molecule has 1 aliphatic rings. The lowest BCUT2D eigenvalue weighted by Crippen LogP contribution is -2.46. The number of rotatable bonds is 3. The Morgan fingerprint density at radius 3 is 2.37 bits per heavy atom. The highest BCUT2D eigenvalue weighted by Gasteiger charge is 2.18. The van der Waals surface area contributed by atoms with E-state index in [1.807, 2.05) is 5.38 Å². The van der Waals surface area contributed by atoms with Crippen LogP contribution in [0, 0.1) is 0 Å². The molecule has 0 bridgehead atoms. The van der Waals surface area contributed by atoms with Gasteiger partial charge in [-0.2, -0.15) is 0 Å². The molecule has 0 amide bonds. The summed E-state index contributed by atoms with van der Waals surface area (Å²) in [5, 5.41) is 4.17. The zero-order chi connectivity index (χ0) is 13.1. The Hall–Kier alpha value is -1.52. The first kappa shape index (κ1) is 12.5. The molecule has 0 unspecified atom stereocenters. The van der Waals surface area contributed by atoms with Crippen molar-refractivity contribution in [1.29, 1.82) is 0 Å². The van der Waals surface area contributed by atoms with Crippen molar-refractivity contribution in [3.8, 4) is 0 Å². The van der Waals surface area contributed by atoms with Gasteiger partial charge in [0.25, 0.3) is 0 Å². The molecule has 1 aliphatic heterocycles. The second-order valence-corrected chi connectivity index (χ2v) is 5.70. The maximum atomic E-state index is 5.98. The van der Waals surface area contributed by atoms with Gasteiger partial charge in [0.2, 0.25) is 0 Å². The molecule has 1 aromatic heterocycles. The number of nitrogens with zero attached hydrogens (tertiary/aromatic N) is 2. The lowest BCUT2D eigenvalue weighted by atomic mass is 10.2. The standard InChI is InChI=1S/C15H19N3S/c16-14-11-19-12-15(14)18-8-6-17(7-9-18)10-13-4-2-1-3-5-13/h1-5,11-12H,6-10,16H2. The summed E-state index contributed by atoms with van der Waals surface area (Å²) in [6.45, 7) is 5.38. The highest BCUT2D eigenvalue weighted by Crippen LogP contribution is 2.28. The van der Waals surface area contributed by atoms with E-state index in [1.54, 1.807) is 11.3 Å². The molecule has 0 saturated carbocycles. The van der Waals surface area contributed by atoms with E-state index in [0.29, 0.717) is 0 Å². The van der Waals surface area contributed by atoms with Gasteiger partial charge in [-0.3, -0.25) is 4.90 Å². The number of nitrogen functional groups attached to an aromatic ring is 1. The fourth-order valence-electron chi connectivity index (χ4n) is 2.55. The largest absolute Gasteiger partial charge is 0.396 e. The monoisotopic (exact) mass is 273 g/mol. The van der Waals surface area contributed by atoms with E-state index >= 15 is 0 Å². The Morgan fingerprint density at radius 1 is 1.00 bits per heavy atom. The maximum Gasteiger partial charge on any atom is 0.0709 e. The summed E-state index contributed by atoms with van der Waals surface area (Å²) in [4.78, 5) is 4.90. The third kappa shape index (κ3) is 2.91. The Balaban J connectivity index is 1.57. The van der Waals surface area contributed by atoms with Crippen LogP contribution in [0.25, 0.3) is 0 Å². The fraction of sp³-hybridized carbons (Fsp3) is 0.333. The van der Waals surface area contributed by atoms with Crippen LogP contribution in [0.15, 0.2) is 41.1 Å². The summed E-state index contributed by atoms with van der Waals surface area (Å²) in [7, 11) is 0. The van der Waals surface area contributed by atoms with Gasteiger partial charge in [-0.1, -0.05) is 30.3 Å². The van der Waals surface area contributed by atoms with Gasteiger partial charge in [0, 0.05) is 43.5 Å². The van der Waals surface area contributed by atoms with Crippen LogP contribution >= 0.6 is 11.3 Å². The molecule has 1 aromatic carbocycles. The van der Waals surface area contributed by atoms with E-state index in [0.717, 1.165) is 38.4 Å². The topological polar surface area (TPSA) is 32.5 Å². The second kappa shape index (κ2) is 5.63. The van der Waals surface area contributed by atoms with Crippen molar-refractivity contribution in [3.05, 3.63) is 46.7 Å². The number of hydrogen-bond acceptors (Lipinski definition) is 4. The zero-order valence-electron chi connectivity index (χ0n) is 11.0. The van der Waals surface area contributed by atoms with Gasteiger partial charge < -0.3 is 10.6 Å². The van der Waals surface area contributed by atoms with Gasteiger partial charge in [0.05, 0.1) is 11.4 Å². The van der Waals surface area contributed by atoms with Crippen molar-refractivity contribution < 1.29 is 0 Å². The molecule has 0 spiro atoms. The number of anilines is 2. The first-order valence-electron chi connectivity index (χ1n) is 6.66. The van der Waals surface area contributed by atoms with Crippen LogP contribution in [0.1, 0.15) is 5.56 Å². The van der Waals surface area contributed by atoms with Crippen LogP contribution in [0.3, 0.4) is 0 Å². The molecule has 0 aliphatic carbocycles. The van der Waals surface area contributed by atoms with Gasteiger partial charge in [-0.15, -0.1) is 11.3 Å². The molecule has 2 aromatic rings. The van der Waals surface area contributed by atoms with Crippen LogP contribution in [-0.2, 0) is 6.54 Å². The average molecular weight is 273 g/mol. The van der Waals surface area contributed by atoms with E-state index in [4.69, 9.17) is 5.73 Å². The minimum atomic E-state index is 0.918. The molecular weight excluding hydrogens is 254 g/mol. The van der Waals surface area contributed by atoms with Crippen LogP contribution in [0.5, 0.6) is 0 Å². The molecule has 2 heterocycles. The van der Waals surface area contributed by atoms with Crippen molar-refractivity contribution in [2.75, 3.05) is 36.8 Å². The Morgan fingerprint density at radius 2 is 1.74 bits per heavy atom. The lowest BCUT2D eigenvalue weighted by Gasteiger charge is -2.35. The minimum absolute atomic E-state index is 0.918. The normalized spacial score (nSPS) is 16.7. The smallest absolute Gasteiger partial charge is 0.0709 e. The molecule has 100 valence electrons. The molecule has 3 rings (SSSR count). The summed E-state index contributed by atoms with van der Waals surface area (Å²) < 4.78 is 0. The molecule has 1 fully saturated rings. The molecule has 3 nitrogen and oxygen atoms in total. The molecule has 4 heteroatoms. The van der Waals surface area contributed by atoms with Gasteiger partial charge in [0.1, 0.15) is 0 Å². The predicted octanol–water partition coefficient (Wildman–Crippen LogP) is 2.65. The Kier molecular flexibility index (Phi) is 3.71. The number of piperazine rings is 1. The summed E-state index contributed by atoms with van der Waals surface area (Å²) in [5.74, 6) is 0. The first-order chi connectivity index (χ1) is 9.33. The molecule has 1 saturated heterocycles. The summed E-state index contributed by atoms with van der Waals surface area (Å²) in [6.07, 6.45) is 0. The van der Waals surface area contributed by atoms with E-state index in [-0.39, 0.29) is 0 Å². The highest BCUT2D eigenvalue weighted by molar-refractivity contribution is 7.08. The van der Waals surface area contributed by atoms with E-state index < -0.39 is 0 Å². The predicted molar refractivity (Wildman–Crippen MR) is 82.7 cm³/mol. The first-order valence-corrected chi connectivity index (χ1v) is 7.60. The van der Waals surface area contributed by atoms with E-state index in [1.165, 1.54) is 11.3 Å². The zero-order valence-corrected chi connectivity index (χ0v) is 11.8. The highest BCUT2D eigenvalue weighted by atomic mass is 32.1. The van der Waals surface area contributed by atoms with Gasteiger partial charge in [-0.05, 0) is 5.56 Å². The second-order valence-electron chi connectivity index (χ2n) is 4.96. The van der Waals surface area contributed by atoms with Crippen molar-refractivity contribution in [3.63, 3.8) is 0 Å². The van der Waals surface area contributed by atoms with Gasteiger partial charge in [-0.25, -0.2) is 0 Å². The number of thiophene rings is 1. The lowest BCUT2D eigenvalue weighted by molar-refractivity contribution is 0.250. The molecule has 19 heavy (non-hydrogen) atoms. The number of nitrogens with two attached hydrogens (primary N) is 1. The molecular formula is C15H19N3S. The van der Waals surface area contributed by atoms with Crippen molar-refractivity contribution in [2.24, 2.45) is 0 Å². The van der Waals surface area contributed by atoms with Gasteiger partial charge in [0.15, 0.2) is 0 Å². The summed E-state index contributed by atoms with van der Waals surface area (Å²) in [5.41, 5.74) is 9.51. The average Bonchev–Trinajstić information content (AvgIpc) is 2.87. The quantitative estimate of drug-likeness (QED) is 0.933. The van der Waals surface area contributed by atoms with Crippen LogP contribution < -0.4 is 10.6 Å².